The summed E-state index contributed by atoms with van der Waals surface area (Å²) in [4.78, 5) is 29.0. The average Bonchev–Trinajstić information content (AvgIpc) is 3.26. The molecule has 0 unspecified atom stereocenters. The number of aromatic carboxylic acids is 1. The van der Waals surface area contributed by atoms with E-state index in [9.17, 15) is 14.7 Å². The number of carbonyl (C=O) groups excluding carboxylic acids is 1. The van der Waals surface area contributed by atoms with Crippen molar-refractivity contribution < 1.29 is 14.7 Å². The molecule has 1 N–H and O–H groups in total. The molecule has 3 aromatic rings. The summed E-state index contributed by atoms with van der Waals surface area (Å²) in [6.45, 7) is 2.46. The van der Waals surface area contributed by atoms with E-state index in [0.29, 0.717) is 36.7 Å². The molecule has 1 aromatic heterocycles. The molecule has 0 saturated heterocycles. The first kappa shape index (κ1) is 23.6. The number of benzene rings is 2. The van der Waals surface area contributed by atoms with Crippen LogP contribution >= 0.6 is 0 Å². The number of rotatable bonds is 9. The molecule has 0 spiro atoms. The van der Waals surface area contributed by atoms with E-state index in [-0.39, 0.29) is 11.3 Å². The maximum Gasteiger partial charge on any atom is 0.336 e. The fraction of sp³-hybridized carbons (Fsp3) is 0.357. The molecule has 1 fully saturated rings. The largest absolute Gasteiger partial charge is 0.478 e. The molecule has 0 atom stereocenters. The van der Waals surface area contributed by atoms with Crippen molar-refractivity contribution in [2.75, 3.05) is 0 Å². The van der Waals surface area contributed by atoms with Gasteiger partial charge in [0.2, 0.25) is 11.6 Å². The molecule has 2 aromatic carbocycles. The molecular weight excluding hydrogens is 426 g/mol. The van der Waals surface area contributed by atoms with Crippen LogP contribution in [0.2, 0.25) is 0 Å². The van der Waals surface area contributed by atoms with Gasteiger partial charge < -0.3 is 5.11 Å². The average molecular weight is 458 g/mol. The van der Waals surface area contributed by atoms with Gasteiger partial charge in [0.25, 0.3) is 0 Å². The smallest absolute Gasteiger partial charge is 0.336 e. The van der Waals surface area contributed by atoms with Crippen LogP contribution in [0.1, 0.15) is 77.8 Å². The van der Waals surface area contributed by atoms with Gasteiger partial charge in [-0.1, -0.05) is 86.7 Å². The van der Waals surface area contributed by atoms with Gasteiger partial charge in [0.15, 0.2) is 0 Å². The van der Waals surface area contributed by atoms with Crippen LogP contribution in [-0.2, 0) is 13.0 Å². The maximum absolute atomic E-state index is 12.9. The second-order valence-corrected chi connectivity index (χ2v) is 8.96. The quantitative estimate of drug-likeness (QED) is 0.316. The molecule has 6 heteroatoms. The number of carbonyl (C=O) groups is 2. The Hall–Kier alpha value is -3.54. The van der Waals surface area contributed by atoms with Gasteiger partial charge in [-0.3, -0.25) is 4.79 Å². The van der Waals surface area contributed by atoms with Crippen molar-refractivity contribution in [2.24, 2.45) is 5.92 Å². The van der Waals surface area contributed by atoms with Crippen LogP contribution in [0.15, 0.2) is 60.7 Å². The van der Waals surface area contributed by atoms with Crippen molar-refractivity contribution in [3.63, 3.8) is 0 Å². The molecule has 0 radical (unpaired) electrons. The summed E-state index contributed by atoms with van der Waals surface area (Å²) in [6.07, 6.45) is 11.1. The van der Waals surface area contributed by atoms with E-state index in [1.807, 2.05) is 60.2 Å². The summed E-state index contributed by atoms with van der Waals surface area (Å²) >= 11 is 0. The van der Waals surface area contributed by atoms with Gasteiger partial charge >= 0.3 is 5.97 Å². The van der Waals surface area contributed by atoms with Gasteiger partial charge in [-0.15, -0.1) is 5.10 Å². The van der Waals surface area contributed by atoms with Crippen LogP contribution in [0, 0.1) is 5.92 Å². The second kappa shape index (κ2) is 11.1. The molecular formula is C28H31N3O3. The molecule has 0 amide bonds. The van der Waals surface area contributed by atoms with Crippen LogP contribution < -0.4 is 0 Å². The zero-order valence-electron chi connectivity index (χ0n) is 19.6. The number of hydrogen-bond donors (Lipinski definition) is 1. The van der Waals surface area contributed by atoms with Gasteiger partial charge in [0.05, 0.1) is 12.1 Å². The topological polar surface area (TPSA) is 85.1 Å². The SMILES string of the molecule is C/C=C/Cc1nc(C(=O)CC2CCCCC2)nn1Cc1ccc(-c2ccccc2C(=O)O)cc1. The summed E-state index contributed by atoms with van der Waals surface area (Å²) in [6, 6.07) is 14.8. The zero-order chi connectivity index (χ0) is 23.9. The summed E-state index contributed by atoms with van der Waals surface area (Å²) < 4.78 is 1.81. The first-order chi connectivity index (χ1) is 16.5. The Balaban J connectivity index is 1.53. The molecule has 1 aliphatic carbocycles. The lowest BCUT2D eigenvalue weighted by molar-refractivity contribution is 0.0697. The third-order valence-electron chi connectivity index (χ3n) is 6.49. The number of aromatic nitrogens is 3. The highest BCUT2D eigenvalue weighted by molar-refractivity contribution is 5.96. The van der Waals surface area contributed by atoms with E-state index in [1.54, 1.807) is 12.1 Å². The predicted octanol–water partition coefficient (Wildman–Crippen LogP) is 5.96. The van der Waals surface area contributed by atoms with E-state index in [0.717, 1.165) is 29.8 Å². The Morgan fingerprint density at radius 1 is 1.06 bits per heavy atom. The Kier molecular flexibility index (Phi) is 7.68. The zero-order valence-corrected chi connectivity index (χ0v) is 19.6. The lowest BCUT2D eigenvalue weighted by atomic mass is 9.86. The molecule has 0 aliphatic heterocycles. The third-order valence-corrected chi connectivity index (χ3v) is 6.49. The predicted molar refractivity (Wildman–Crippen MR) is 132 cm³/mol. The highest BCUT2D eigenvalue weighted by atomic mass is 16.4. The van der Waals surface area contributed by atoms with E-state index in [2.05, 4.69) is 10.1 Å². The monoisotopic (exact) mass is 457 g/mol. The van der Waals surface area contributed by atoms with Crippen molar-refractivity contribution >= 4 is 11.8 Å². The standard InChI is InChI=1S/C28H31N3O3/c1-2-3-13-26-29-27(25(32)18-20-9-5-4-6-10-20)30-31(26)19-21-14-16-22(17-15-21)23-11-7-8-12-24(23)28(33)34/h2-3,7-8,11-12,14-17,20H,4-6,9-10,13,18-19H2,1H3,(H,33,34)/b3-2+. The minimum Gasteiger partial charge on any atom is -0.478 e. The fourth-order valence-electron chi connectivity index (χ4n) is 4.62. The third kappa shape index (κ3) is 5.68. The van der Waals surface area contributed by atoms with Crippen LogP contribution in [-0.4, -0.2) is 31.6 Å². The molecule has 0 bridgehead atoms. The normalized spacial score (nSPS) is 14.5. The minimum atomic E-state index is -0.943. The lowest BCUT2D eigenvalue weighted by Gasteiger charge is -2.19. The van der Waals surface area contributed by atoms with E-state index in [1.165, 1.54) is 19.3 Å². The second-order valence-electron chi connectivity index (χ2n) is 8.96. The van der Waals surface area contributed by atoms with Crippen molar-refractivity contribution in [3.8, 4) is 11.1 Å². The number of ketones is 1. The Morgan fingerprint density at radius 2 is 1.79 bits per heavy atom. The lowest BCUT2D eigenvalue weighted by Crippen LogP contribution is -2.13. The molecule has 6 nitrogen and oxygen atoms in total. The Bertz CT molecular complexity index is 1170. The van der Waals surface area contributed by atoms with Gasteiger partial charge in [-0.2, -0.15) is 0 Å². The summed E-state index contributed by atoms with van der Waals surface area (Å²) in [7, 11) is 0. The van der Waals surface area contributed by atoms with Crippen molar-refractivity contribution in [1.29, 1.82) is 0 Å². The maximum atomic E-state index is 12.9. The number of carboxylic acid groups (broad SMARTS) is 1. The Labute approximate surface area is 200 Å². The summed E-state index contributed by atoms with van der Waals surface area (Å²) in [5.74, 6) is 0.630. The van der Waals surface area contributed by atoms with Crippen LogP contribution in [0.25, 0.3) is 11.1 Å². The number of carboxylic acids is 1. The molecule has 176 valence electrons. The highest BCUT2D eigenvalue weighted by Crippen LogP contribution is 2.27. The number of allylic oxidation sites excluding steroid dienone is 2. The summed E-state index contributed by atoms with van der Waals surface area (Å²) in [5, 5.41) is 14.1. The Morgan fingerprint density at radius 3 is 2.50 bits per heavy atom. The van der Waals surface area contributed by atoms with Crippen molar-refractivity contribution in [2.45, 2.75) is 58.4 Å². The van der Waals surface area contributed by atoms with E-state index >= 15 is 0 Å². The summed E-state index contributed by atoms with van der Waals surface area (Å²) in [5.41, 5.74) is 2.82. The number of Topliss-reactive ketones (excluding diaryl/α,β-unsaturated/α-hetero) is 1. The van der Waals surface area contributed by atoms with Gasteiger partial charge in [0.1, 0.15) is 5.82 Å². The van der Waals surface area contributed by atoms with Crippen LogP contribution in [0.5, 0.6) is 0 Å². The molecule has 4 rings (SSSR count). The van der Waals surface area contributed by atoms with E-state index < -0.39 is 5.97 Å². The molecule has 1 aliphatic rings. The van der Waals surface area contributed by atoms with Gasteiger partial charge in [0, 0.05) is 12.8 Å². The van der Waals surface area contributed by atoms with Crippen molar-refractivity contribution in [1.82, 2.24) is 14.8 Å². The van der Waals surface area contributed by atoms with E-state index in [4.69, 9.17) is 0 Å². The van der Waals surface area contributed by atoms with Crippen LogP contribution in [0.4, 0.5) is 0 Å². The fourth-order valence-corrected chi connectivity index (χ4v) is 4.62. The highest BCUT2D eigenvalue weighted by Gasteiger charge is 2.22. The minimum absolute atomic E-state index is 0.0352. The van der Waals surface area contributed by atoms with Gasteiger partial charge in [-0.25, -0.2) is 14.5 Å². The molecule has 34 heavy (non-hydrogen) atoms. The first-order valence-corrected chi connectivity index (χ1v) is 12.0. The van der Waals surface area contributed by atoms with Crippen LogP contribution in [0.3, 0.4) is 0 Å². The molecule has 1 heterocycles. The van der Waals surface area contributed by atoms with Crippen molar-refractivity contribution in [3.05, 3.63) is 83.5 Å². The molecule has 1 saturated carbocycles. The number of hydrogen-bond acceptors (Lipinski definition) is 4. The number of nitrogens with zero attached hydrogens (tertiary/aromatic N) is 3. The first-order valence-electron chi connectivity index (χ1n) is 12.0. The van der Waals surface area contributed by atoms with Gasteiger partial charge in [-0.05, 0) is 35.6 Å².